The number of rotatable bonds is 15. The van der Waals surface area contributed by atoms with Crippen LogP contribution < -0.4 is 21.7 Å². The monoisotopic (exact) mass is 690 g/mol. The lowest BCUT2D eigenvalue weighted by Crippen LogP contribution is -2.58. The van der Waals surface area contributed by atoms with Crippen LogP contribution in [0.25, 0.3) is 21.8 Å². The van der Waals surface area contributed by atoms with E-state index in [1.54, 1.807) is 24.5 Å². The number of phenols is 1. The Hall–Kier alpha value is -6.41. The average molecular weight is 691 g/mol. The fourth-order valence-electron chi connectivity index (χ4n) is 6.08. The van der Waals surface area contributed by atoms with Gasteiger partial charge in [0.1, 0.15) is 23.9 Å². The Morgan fingerprint density at radius 2 is 1.22 bits per heavy atom. The van der Waals surface area contributed by atoms with Crippen molar-refractivity contribution in [1.82, 2.24) is 35.9 Å². The van der Waals surface area contributed by atoms with E-state index in [0.717, 1.165) is 27.4 Å². The Morgan fingerprint density at radius 1 is 0.667 bits per heavy atom. The summed E-state index contributed by atoms with van der Waals surface area (Å²) >= 11 is 0. The highest BCUT2D eigenvalue weighted by atomic mass is 16.4. The number of aromatic amines is 3. The van der Waals surface area contributed by atoms with Gasteiger partial charge in [0.25, 0.3) is 0 Å². The van der Waals surface area contributed by atoms with Gasteiger partial charge >= 0.3 is 5.97 Å². The van der Waals surface area contributed by atoms with Crippen LogP contribution in [0.15, 0.2) is 97.7 Å². The summed E-state index contributed by atoms with van der Waals surface area (Å²) in [7, 11) is 0. The number of aliphatic carboxylic acids is 1. The van der Waals surface area contributed by atoms with Gasteiger partial charge in [-0.2, -0.15) is 0 Å². The number of carbonyl (C=O) groups is 4. The molecule has 0 radical (unpaired) electrons. The molecule has 51 heavy (non-hydrogen) atoms. The second kappa shape index (κ2) is 15.4. The maximum absolute atomic E-state index is 14.1. The van der Waals surface area contributed by atoms with Crippen molar-refractivity contribution in [2.45, 2.75) is 49.9 Å². The first-order valence-corrected chi connectivity index (χ1v) is 16.4. The van der Waals surface area contributed by atoms with E-state index in [0.29, 0.717) is 16.8 Å². The van der Waals surface area contributed by atoms with Crippen LogP contribution in [-0.4, -0.2) is 78.0 Å². The Balaban J connectivity index is 1.24. The molecule has 3 aromatic carbocycles. The van der Waals surface area contributed by atoms with E-state index in [4.69, 9.17) is 5.73 Å². The van der Waals surface area contributed by atoms with Crippen LogP contribution >= 0.6 is 0 Å². The van der Waals surface area contributed by atoms with Gasteiger partial charge in [-0.25, -0.2) is 9.78 Å². The summed E-state index contributed by atoms with van der Waals surface area (Å²) in [6.07, 6.45) is 6.55. The van der Waals surface area contributed by atoms with Gasteiger partial charge in [0, 0.05) is 65.4 Å². The van der Waals surface area contributed by atoms with Crippen molar-refractivity contribution in [3.63, 3.8) is 0 Å². The Bertz CT molecular complexity index is 2140. The molecule has 3 heterocycles. The van der Waals surface area contributed by atoms with Gasteiger partial charge in [-0.15, -0.1) is 0 Å². The molecule has 0 aliphatic carbocycles. The van der Waals surface area contributed by atoms with Gasteiger partial charge in [0.05, 0.1) is 12.4 Å². The lowest BCUT2D eigenvalue weighted by Gasteiger charge is -2.25. The highest BCUT2D eigenvalue weighted by Gasteiger charge is 2.32. The smallest absolute Gasteiger partial charge is 0.326 e. The average Bonchev–Trinajstić information content (AvgIpc) is 3.89. The summed E-state index contributed by atoms with van der Waals surface area (Å²) < 4.78 is 0. The number of nitrogens with two attached hydrogens (primary N) is 1. The van der Waals surface area contributed by atoms with Crippen molar-refractivity contribution in [3.8, 4) is 5.75 Å². The summed E-state index contributed by atoms with van der Waals surface area (Å²) in [5, 5.41) is 29.6. The zero-order valence-corrected chi connectivity index (χ0v) is 27.4. The number of benzene rings is 3. The first-order chi connectivity index (χ1) is 24.6. The minimum atomic E-state index is -1.32. The Labute approximate surface area is 291 Å². The number of hydrogen-bond donors (Lipinski definition) is 9. The first-order valence-electron chi connectivity index (χ1n) is 16.4. The summed E-state index contributed by atoms with van der Waals surface area (Å²) in [5.74, 6) is -3.23. The molecule has 10 N–H and O–H groups in total. The zero-order valence-electron chi connectivity index (χ0n) is 27.4. The van der Waals surface area contributed by atoms with Crippen molar-refractivity contribution in [3.05, 3.63) is 120 Å². The van der Waals surface area contributed by atoms with Crippen molar-refractivity contribution in [1.29, 1.82) is 0 Å². The summed E-state index contributed by atoms with van der Waals surface area (Å²) in [6, 6.07) is 16.5. The molecule has 14 nitrogen and oxygen atoms in total. The molecule has 0 aliphatic rings. The molecule has 262 valence electrons. The number of phenolic OH excluding ortho intramolecular Hbond substituents is 1. The number of H-pyrrole nitrogens is 3. The number of imidazole rings is 1. The molecule has 0 spiro atoms. The number of amides is 3. The molecule has 6 rings (SSSR count). The number of fused-ring (bicyclic) bond motifs is 2. The maximum Gasteiger partial charge on any atom is 0.326 e. The predicted octanol–water partition coefficient (Wildman–Crippen LogP) is 2.21. The molecule has 0 aliphatic heterocycles. The number of carbonyl (C=O) groups excluding carboxylic acids is 3. The highest BCUT2D eigenvalue weighted by molar-refractivity contribution is 5.95. The number of nitrogens with one attached hydrogen (secondary N) is 6. The maximum atomic E-state index is 14.1. The Morgan fingerprint density at radius 3 is 1.80 bits per heavy atom. The fourth-order valence-corrected chi connectivity index (χ4v) is 6.08. The second-order valence-electron chi connectivity index (χ2n) is 12.4. The topological polar surface area (TPSA) is 231 Å². The molecule has 4 atom stereocenters. The SMILES string of the molecule is NC(Cc1c[nH]c2ccccc12)C(=O)NC(Cc1ccc(O)cc1)C(=O)NC(Cc1c[nH]c2ccccc12)C(=O)NC(Cc1cnc[nH]1)C(=O)O. The minimum absolute atomic E-state index is 0.0106. The standard InChI is InChI=1S/C37H38N8O6/c38-28(14-22-17-40-29-7-3-1-5-26(22)29)34(47)43-31(13-21-9-11-25(46)12-10-21)35(48)44-32(15-23-18-41-30-8-4-2-6-27(23)30)36(49)45-33(37(50)51)16-24-19-39-20-42-24/h1-12,17-20,28,31-33,40-41,46H,13-16,38H2,(H,39,42)(H,43,47)(H,44,48)(H,45,49)(H,50,51). The predicted molar refractivity (Wildman–Crippen MR) is 190 cm³/mol. The molecule has 4 unspecified atom stereocenters. The third-order valence-corrected chi connectivity index (χ3v) is 8.79. The number of aromatic hydroxyl groups is 1. The van der Waals surface area contributed by atoms with E-state index in [2.05, 4.69) is 35.9 Å². The van der Waals surface area contributed by atoms with Gasteiger partial charge in [0.2, 0.25) is 17.7 Å². The second-order valence-corrected chi connectivity index (χ2v) is 12.4. The van der Waals surface area contributed by atoms with Crippen molar-refractivity contribution in [2.24, 2.45) is 5.73 Å². The van der Waals surface area contributed by atoms with E-state index < -0.39 is 47.9 Å². The van der Waals surface area contributed by atoms with Crippen molar-refractivity contribution >= 4 is 45.5 Å². The molecule has 6 aromatic rings. The normalized spacial score (nSPS) is 13.7. The third kappa shape index (κ3) is 8.43. The molecule has 3 aromatic heterocycles. The number of aromatic nitrogens is 4. The molecule has 0 bridgehead atoms. The minimum Gasteiger partial charge on any atom is -0.508 e. The summed E-state index contributed by atoms with van der Waals surface area (Å²) in [5.41, 5.74) is 10.8. The van der Waals surface area contributed by atoms with Crippen LogP contribution in [-0.2, 0) is 44.9 Å². The quantitative estimate of drug-likeness (QED) is 0.0774. The van der Waals surface area contributed by atoms with Crippen LogP contribution in [0, 0.1) is 0 Å². The van der Waals surface area contributed by atoms with E-state index in [1.807, 2.05) is 48.5 Å². The third-order valence-electron chi connectivity index (χ3n) is 8.79. The number of nitrogens with zero attached hydrogens (tertiary/aromatic N) is 1. The van der Waals surface area contributed by atoms with Crippen LogP contribution in [0.3, 0.4) is 0 Å². The zero-order chi connectivity index (χ0) is 35.9. The van der Waals surface area contributed by atoms with Gasteiger partial charge in [0.15, 0.2) is 0 Å². The molecule has 14 heteroatoms. The van der Waals surface area contributed by atoms with E-state index in [1.165, 1.54) is 24.7 Å². The Kier molecular flexibility index (Phi) is 10.4. The van der Waals surface area contributed by atoms with Gasteiger partial charge in [-0.1, -0.05) is 48.5 Å². The summed E-state index contributed by atoms with van der Waals surface area (Å²) in [6.45, 7) is 0. The number of para-hydroxylation sites is 2. The van der Waals surface area contributed by atoms with Crippen LogP contribution in [0.1, 0.15) is 22.4 Å². The molecule has 0 saturated heterocycles. The first kappa shape index (κ1) is 34.5. The van der Waals surface area contributed by atoms with E-state index >= 15 is 0 Å². The lowest BCUT2D eigenvalue weighted by molar-refractivity contribution is -0.142. The molecule has 3 amide bonds. The molecule has 0 saturated carbocycles. The fraction of sp³-hybridized carbons (Fsp3) is 0.216. The number of hydrogen-bond acceptors (Lipinski definition) is 7. The largest absolute Gasteiger partial charge is 0.508 e. The highest BCUT2D eigenvalue weighted by Crippen LogP contribution is 2.21. The van der Waals surface area contributed by atoms with Crippen molar-refractivity contribution in [2.75, 3.05) is 0 Å². The van der Waals surface area contributed by atoms with Crippen LogP contribution in [0.5, 0.6) is 5.75 Å². The number of carboxylic acids is 1. The molecule has 0 fully saturated rings. The van der Waals surface area contributed by atoms with E-state index in [-0.39, 0.29) is 31.4 Å². The lowest BCUT2D eigenvalue weighted by atomic mass is 10.0. The number of carboxylic acid groups (broad SMARTS) is 1. The van der Waals surface area contributed by atoms with Gasteiger partial charge < -0.3 is 46.8 Å². The summed E-state index contributed by atoms with van der Waals surface area (Å²) in [4.78, 5) is 66.8. The molecular formula is C37H38N8O6. The van der Waals surface area contributed by atoms with Crippen molar-refractivity contribution < 1.29 is 29.4 Å². The van der Waals surface area contributed by atoms with E-state index in [9.17, 15) is 29.4 Å². The van der Waals surface area contributed by atoms with Gasteiger partial charge in [-0.05, 0) is 47.4 Å². The van der Waals surface area contributed by atoms with Crippen LogP contribution in [0.4, 0.5) is 0 Å². The molecular weight excluding hydrogens is 652 g/mol. The van der Waals surface area contributed by atoms with Gasteiger partial charge in [-0.3, -0.25) is 14.4 Å². The van der Waals surface area contributed by atoms with Crippen LogP contribution in [0.2, 0.25) is 0 Å².